The second-order valence-electron chi connectivity index (χ2n) is 3.12. The van der Waals surface area contributed by atoms with Crippen molar-refractivity contribution in [1.29, 1.82) is 0 Å². The molecule has 0 fully saturated rings. The molecule has 0 bridgehead atoms. The van der Waals surface area contributed by atoms with Gasteiger partial charge in [-0.2, -0.15) is 0 Å². The van der Waals surface area contributed by atoms with Gasteiger partial charge in [0.2, 0.25) is 0 Å². The number of amides is 1. The van der Waals surface area contributed by atoms with Crippen molar-refractivity contribution in [2.45, 2.75) is 0 Å². The molecule has 1 aliphatic rings. The van der Waals surface area contributed by atoms with Gasteiger partial charge in [0.15, 0.2) is 0 Å². The third-order valence-electron chi connectivity index (χ3n) is 2.16. The van der Waals surface area contributed by atoms with E-state index in [9.17, 15) is 4.79 Å². The molecule has 0 spiro atoms. The van der Waals surface area contributed by atoms with Crippen molar-refractivity contribution in [3.8, 4) is 0 Å². The lowest BCUT2D eigenvalue weighted by Gasteiger charge is -2.14. The first-order chi connectivity index (χ1) is 7.18. The van der Waals surface area contributed by atoms with Gasteiger partial charge in [-0.15, -0.1) is 0 Å². The highest BCUT2D eigenvalue weighted by Crippen LogP contribution is 2.16. The summed E-state index contributed by atoms with van der Waals surface area (Å²) in [5.74, 6) is 0.617. The van der Waals surface area contributed by atoms with Gasteiger partial charge in [0, 0.05) is 17.1 Å². The van der Waals surface area contributed by atoms with Crippen molar-refractivity contribution in [3.63, 3.8) is 0 Å². The van der Waals surface area contributed by atoms with Crippen molar-refractivity contribution in [2.24, 2.45) is 4.99 Å². The van der Waals surface area contributed by atoms with E-state index >= 15 is 0 Å². The summed E-state index contributed by atoms with van der Waals surface area (Å²) in [6.07, 6.45) is 0. The Balaban J connectivity index is 2.30. The molecule has 5 heteroatoms. The number of rotatable bonds is 1. The van der Waals surface area contributed by atoms with Gasteiger partial charge >= 0.3 is 5.37 Å². The fourth-order valence-electron chi connectivity index (χ4n) is 1.46. The summed E-state index contributed by atoms with van der Waals surface area (Å²) in [5.41, 5.74) is 0.853. The van der Waals surface area contributed by atoms with Gasteiger partial charge in [-0.3, -0.25) is 14.7 Å². The predicted octanol–water partition coefficient (Wildman–Crippen LogP) is 2.76. The molecule has 1 aromatic carbocycles. The molecule has 0 unspecified atom stereocenters. The van der Waals surface area contributed by atoms with Crippen LogP contribution in [0.5, 0.6) is 0 Å². The van der Waals surface area contributed by atoms with E-state index in [4.69, 9.17) is 23.2 Å². The molecule has 0 saturated heterocycles. The lowest BCUT2D eigenvalue weighted by atomic mass is 10.2. The van der Waals surface area contributed by atoms with E-state index in [1.54, 1.807) is 12.1 Å². The number of halogens is 2. The van der Waals surface area contributed by atoms with Gasteiger partial charge in [-0.25, -0.2) is 0 Å². The van der Waals surface area contributed by atoms with Crippen LogP contribution in [0, 0.1) is 0 Å². The van der Waals surface area contributed by atoms with Crippen molar-refractivity contribution in [3.05, 3.63) is 34.9 Å². The fraction of sp³-hybridized carbons (Fsp3) is 0.200. The van der Waals surface area contributed by atoms with E-state index in [0.717, 1.165) is 5.56 Å². The smallest absolute Gasteiger partial charge is 0.281 e. The topological polar surface area (TPSA) is 32.7 Å². The molecule has 1 amide bonds. The minimum Gasteiger partial charge on any atom is -0.281 e. The Kier molecular flexibility index (Phi) is 2.93. The average molecular weight is 243 g/mol. The van der Waals surface area contributed by atoms with Gasteiger partial charge in [0.1, 0.15) is 5.84 Å². The molecule has 1 aromatic rings. The average Bonchev–Trinajstić information content (AvgIpc) is 2.67. The van der Waals surface area contributed by atoms with E-state index in [1.807, 2.05) is 12.1 Å². The van der Waals surface area contributed by atoms with Crippen molar-refractivity contribution in [1.82, 2.24) is 4.90 Å². The van der Waals surface area contributed by atoms with Crippen molar-refractivity contribution in [2.75, 3.05) is 13.1 Å². The molecular formula is C10H8Cl2N2O. The zero-order chi connectivity index (χ0) is 10.8. The molecule has 3 nitrogen and oxygen atoms in total. The van der Waals surface area contributed by atoms with Crippen LogP contribution in [0.15, 0.2) is 29.3 Å². The minimum absolute atomic E-state index is 0.499. The Hall–Kier alpha value is -1.06. The number of nitrogens with zero attached hydrogens (tertiary/aromatic N) is 2. The Bertz CT molecular complexity index is 414. The van der Waals surface area contributed by atoms with Gasteiger partial charge in [-0.05, 0) is 35.9 Å². The summed E-state index contributed by atoms with van der Waals surface area (Å²) < 4.78 is 0. The van der Waals surface area contributed by atoms with Crippen LogP contribution < -0.4 is 0 Å². The standard InChI is InChI=1S/C10H8Cl2N2O/c11-8-3-1-7(2-4-8)9-13-5-6-14(9)10(12)15/h1-4H,5-6H2. The molecule has 0 aliphatic carbocycles. The van der Waals surface area contributed by atoms with E-state index in [1.165, 1.54) is 4.90 Å². The van der Waals surface area contributed by atoms with Crippen molar-refractivity contribution >= 4 is 34.4 Å². The van der Waals surface area contributed by atoms with Crippen LogP contribution in [0.3, 0.4) is 0 Å². The van der Waals surface area contributed by atoms with Crippen LogP contribution in [0.1, 0.15) is 5.56 Å². The highest BCUT2D eigenvalue weighted by atomic mass is 35.5. The SMILES string of the molecule is O=C(Cl)N1CCN=C1c1ccc(Cl)cc1. The zero-order valence-corrected chi connectivity index (χ0v) is 9.29. The maximum atomic E-state index is 11.1. The largest absolute Gasteiger partial charge is 0.322 e. The van der Waals surface area contributed by atoms with Gasteiger partial charge < -0.3 is 0 Å². The number of carbonyl (C=O) groups is 1. The summed E-state index contributed by atoms with van der Waals surface area (Å²) in [5, 5.41) is 0.155. The summed E-state index contributed by atoms with van der Waals surface area (Å²) >= 11 is 11.2. The van der Waals surface area contributed by atoms with Crippen LogP contribution in [0.2, 0.25) is 5.02 Å². The van der Waals surface area contributed by atoms with Crippen LogP contribution >= 0.6 is 23.2 Å². The minimum atomic E-state index is -0.499. The fourth-order valence-corrected chi connectivity index (χ4v) is 1.75. The highest BCUT2D eigenvalue weighted by Gasteiger charge is 2.22. The van der Waals surface area contributed by atoms with Gasteiger partial charge in [0.05, 0.1) is 6.54 Å². The molecule has 1 aliphatic heterocycles. The number of aliphatic imine (C=N–C) groups is 1. The van der Waals surface area contributed by atoms with E-state index in [-0.39, 0.29) is 0 Å². The van der Waals surface area contributed by atoms with Crippen LogP contribution in [-0.4, -0.2) is 29.2 Å². The lowest BCUT2D eigenvalue weighted by Crippen LogP contribution is -2.30. The third-order valence-corrected chi connectivity index (χ3v) is 2.61. The van der Waals surface area contributed by atoms with E-state index in [2.05, 4.69) is 4.99 Å². The number of amidine groups is 1. The second-order valence-corrected chi connectivity index (χ2v) is 3.88. The summed E-state index contributed by atoms with van der Waals surface area (Å²) in [6.45, 7) is 1.14. The monoisotopic (exact) mass is 242 g/mol. The first kappa shape index (κ1) is 10.5. The molecule has 0 atom stereocenters. The molecule has 0 aromatic heterocycles. The van der Waals surface area contributed by atoms with Crippen molar-refractivity contribution < 1.29 is 4.79 Å². The van der Waals surface area contributed by atoms with Crippen LogP contribution in [-0.2, 0) is 0 Å². The van der Waals surface area contributed by atoms with Crippen LogP contribution in [0.25, 0.3) is 0 Å². The van der Waals surface area contributed by atoms with E-state index < -0.39 is 5.37 Å². The number of hydrogen-bond donors (Lipinski definition) is 0. The number of hydrogen-bond acceptors (Lipinski definition) is 2. The maximum absolute atomic E-state index is 11.1. The number of benzene rings is 1. The first-order valence-corrected chi connectivity index (χ1v) is 5.21. The molecule has 1 heterocycles. The van der Waals surface area contributed by atoms with Crippen LogP contribution in [0.4, 0.5) is 4.79 Å². The van der Waals surface area contributed by atoms with Gasteiger partial charge in [0.25, 0.3) is 0 Å². The summed E-state index contributed by atoms with van der Waals surface area (Å²) in [7, 11) is 0. The molecule has 2 rings (SSSR count). The Morgan fingerprint density at radius 3 is 2.60 bits per heavy atom. The molecular weight excluding hydrogens is 235 g/mol. The Morgan fingerprint density at radius 2 is 2.00 bits per heavy atom. The second kappa shape index (κ2) is 4.21. The summed E-state index contributed by atoms with van der Waals surface area (Å²) in [6, 6.07) is 7.15. The molecule has 78 valence electrons. The zero-order valence-electron chi connectivity index (χ0n) is 7.78. The molecule has 0 N–H and O–H groups in total. The Labute approximate surface area is 97.3 Å². The normalized spacial score (nSPS) is 15.3. The maximum Gasteiger partial charge on any atom is 0.322 e. The quantitative estimate of drug-likeness (QED) is 0.551. The molecule has 0 saturated carbocycles. The van der Waals surface area contributed by atoms with Gasteiger partial charge in [-0.1, -0.05) is 11.6 Å². The predicted molar refractivity (Wildman–Crippen MR) is 60.8 cm³/mol. The van der Waals surface area contributed by atoms with E-state index in [0.29, 0.717) is 23.9 Å². The third kappa shape index (κ3) is 2.13. The summed E-state index contributed by atoms with van der Waals surface area (Å²) in [4.78, 5) is 16.8. The molecule has 0 radical (unpaired) electrons. The Morgan fingerprint density at radius 1 is 1.33 bits per heavy atom. The molecule has 15 heavy (non-hydrogen) atoms. The lowest BCUT2D eigenvalue weighted by molar-refractivity contribution is 0.245. The first-order valence-electron chi connectivity index (χ1n) is 4.46. The number of carbonyl (C=O) groups excluding carboxylic acids is 1. The highest BCUT2D eigenvalue weighted by molar-refractivity contribution is 6.64.